The highest BCUT2D eigenvalue weighted by molar-refractivity contribution is 6.30. The fraction of sp³-hybridized carbons (Fsp3) is 0.333. The van der Waals surface area contributed by atoms with Gasteiger partial charge in [0.2, 0.25) is 0 Å². The Morgan fingerprint density at radius 1 is 1.19 bits per heavy atom. The molecule has 6 N–H and O–H groups in total. The number of nitrogen functional groups attached to an aromatic ring is 1. The second kappa shape index (κ2) is 8.18. The molecule has 3 aromatic rings. The van der Waals surface area contributed by atoms with Crippen LogP contribution < -0.4 is 5.73 Å². The summed E-state index contributed by atoms with van der Waals surface area (Å²) >= 11 is 5.76. The number of nitrogens with zero attached hydrogens (tertiary/aromatic N) is 2. The summed E-state index contributed by atoms with van der Waals surface area (Å²) in [6.45, 7) is 0. The van der Waals surface area contributed by atoms with Gasteiger partial charge in [-0.2, -0.15) is 0 Å². The van der Waals surface area contributed by atoms with E-state index in [9.17, 15) is 19.7 Å². The van der Waals surface area contributed by atoms with Crippen LogP contribution in [0.4, 0.5) is 10.2 Å². The number of hydrogen-bond donors (Lipinski definition) is 5. The number of anilines is 1. The van der Waals surface area contributed by atoms with Crippen LogP contribution in [0.25, 0.3) is 11.0 Å². The number of aromatic amines is 1. The number of nitrogens with two attached hydrogens (primary N) is 1. The Kier molecular flexibility index (Phi) is 5.91. The molecule has 0 spiro atoms. The fourth-order valence-corrected chi connectivity index (χ4v) is 3.32. The maximum atomic E-state index is 12.8. The number of fused-ring (bicyclic) bond motifs is 1. The molecule has 27 heavy (non-hydrogen) atoms. The van der Waals surface area contributed by atoms with Crippen molar-refractivity contribution in [3.63, 3.8) is 0 Å². The van der Waals surface area contributed by atoms with E-state index in [1.807, 2.05) is 0 Å². The zero-order valence-corrected chi connectivity index (χ0v) is 15.0. The van der Waals surface area contributed by atoms with Gasteiger partial charge in [0.15, 0.2) is 5.82 Å². The van der Waals surface area contributed by atoms with Gasteiger partial charge in [-0.3, -0.25) is 0 Å². The standard InChI is InChI=1S/C12H15ClO3.C6H5FN4/c13-8-3-1-7(2-4-8)11(15)9-5-6-10(14)12(9)16;7-3-1-9-6-4(3)5(8)10-2-11-6/h1-4,9-12,14-16H,5-6H2;1-2H,(H3,8,9,10,11). The smallest absolute Gasteiger partial charge is 0.153 e. The molecule has 1 aliphatic rings. The molecule has 4 rings (SSSR count). The molecule has 0 saturated heterocycles. The van der Waals surface area contributed by atoms with Crippen molar-refractivity contribution in [3.8, 4) is 0 Å². The van der Waals surface area contributed by atoms with E-state index >= 15 is 0 Å². The number of halogens is 2. The molecule has 1 aromatic carbocycles. The summed E-state index contributed by atoms with van der Waals surface area (Å²) in [6.07, 6.45) is 1.35. The van der Waals surface area contributed by atoms with Gasteiger partial charge in [-0.15, -0.1) is 0 Å². The lowest BCUT2D eigenvalue weighted by molar-refractivity contribution is -0.0210. The maximum absolute atomic E-state index is 12.8. The van der Waals surface area contributed by atoms with Crippen LogP contribution in [0.1, 0.15) is 24.5 Å². The number of aromatic nitrogens is 3. The van der Waals surface area contributed by atoms with E-state index in [1.165, 1.54) is 12.5 Å². The summed E-state index contributed by atoms with van der Waals surface area (Å²) in [5, 5.41) is 30.1. The molecule has 4 unspecified atom stereocenters. The highest BCUT2D eigenvalue weighted by atomic mass is 35.5. The molecule has 9 heteroatoms. The summed E-state index contributed by atoms with van der Waals surface area (Å²) < 4.78 is 12.8. The molecule has 0 bridgehead atoms. The Morgan fingerprint density at radius 3 is 2.48 bits per heavy atom. The highest BCUT2D eigenvalue weighted by Crippen LogP contribution is 2.36. The van der Waals surface area contributed by atoms with Crippen molar-refractivity contribution in [2.24, 2.45) is 5.92 Å². The molecule has 0 radical (unpaired) electrons. The number of nitrogens with one attached hydrogen (secondary N) is 1. The Balaban J connectivity index is 0.000000166. The molecule has 2 aromatic heterocycles. The summed E-state index contributed by atoms with van der Waals surface area (Å²) in [5.41, 5.74) is 6.54. The molecule has 1 fully saturated rings. The van der Waals surface area contributed by atoms with Gasteiger partial charge in [-0.1, -0.05) is 23.7 Å². The maximum Gasteiger partial charge on any atom is 0.153 e. The van der Waals surface area contributed by atoms with E-state index < -0.39 is 24.1 Å². The van der Waals surface area contributed by atoms with Gasteiger partial charge < -0.3 is 26.0 Å². The number of rotatable bonds is 2. The van der Waals surface area contributed by atoms with Crippen LogP contribution in [0.2, 0.25) is 5.02 Å². The van der Waals surface area contributed by atoms with Gasteiger partial charge in [-0.05, 0) is 30.5 Å². The van der Waals surface area contributed by atoms with Crippen LogP contribution in [-0.4, -0.2) is 42.5 Å². The monoisotopic (exact) mass is 394 g/mol. The molecule has 1 aliphatic carbocycles. The molecule has 1 saturated carbocycles. The number of aliphatic hydroxyl groups is 3. The summed E-state index contributed by atoms with van der Waals surface area (Å²) in [7, 11) is 0. The first kappa shape index (κ1) is 19.5. The van der Waals surface area contributed by atoms with Crippen LogP contribution in [0.15, 0.2) is 36.8 Å². The van der Waals surface area contributed by atoms with Gasteiger partial charge >= 0.3 is 0 Å². The van der Waals surface area contributed by atoms with Crippen molar-refractivity contribution >= 4 is 28.5 Å². The van der Waals surface area contributed by atoms with E-state index in [4.69, 9.17) is 17.3 Å². The zero-order chi connectivity index (χ0) is 19.6. The van der Waals surface area contributed by atoms with Crippen LogP contribution in [0.3, 0.4) is 0 Å². The first-order valence-electron chi connectivity index (χ1n) is 8.41. The minimum absolute atomic E-state index is 0.161. The Hall–Kier alpha value is -2.26. The van der Waals surface area contributed by atoms with Gasteiger partial charge in [-0.25, -0.2) is 14.4 Å². The third-order valence-electron chi connectivity index (χ3n) is 4.70. The summed E-state index contributed by atoms with van der Waals surface area (Å²) in [4.78, 5) is 10.0. The minimum atomic E-state index is -0.842. The minimum Gasteiger partial charge on any atom is -0.390 e. The molecule has 2 heterocycles. The zero-order valence-electron chi connectivity index (χ0n) is 14.3. The van der Waals surface area contributed by atoms with Crippen molar-refractivity contribution in [2.75, 3.05) is 5.73 Å². The lowest BCUT2D eigenvalue weighted by Gasteiger charge is -2.22. The second-order valence-corrected chi connectivity index (χ2v) is 6.85. The number of H-pyrrole nitrogens is 1. The molecule has 144 valence electrons. The lowest BCUT2D eigenvalue weighted by atomic mass is 9.92. The van der Waals surface area contributed by atoms with Crippen molar-refractivity contribution in [3.05, 3.63) is 53.2 Å². The summed E-state index contributed by atoms with van der Waals surface area (Å²) in [5.74, 6) is -0.553. The van der Waals surface area contributed by atoms with Gasteiger partial charge in [0.1, 0.15) is 17.8 Å². The number of benzene rings is 1. The van der Waals surface area contributed by atoms with E-state index in [0.29, 0.717) is 23.5 Å². The molecule has 7 nitrogen and oxygen atoms in total. The lowest BCUT2D eigenvalue weighted by Crippen LogP contribution is -2.28. The van der Waals surface area contributed by atoms with Crippen molar-refractivity contribution in [2.45, 2.75) is 31.2 Å². The Labute approximate surface area is 159 Å². The topological polar surface area (TPSA) is 128 Å². The van der Waals surface area contributed by atoms with E-state index in [1.54, 1.807) is 24.3 Å². The summed E-state index contributed by atoms with van der Waals surface area (Å²) in [6, 6.07) is 6.89. The first-order valence-corrected chi connectivity index (χ1v) is 8.79. The molecular formula is C18H20ClFN4O3. The molecule has 0 aliphatic heterocycles. The molecular weight excluding hydrogens is 375 g/mol. The molecule has 4 atom stereocenters. The predicted molar refractivity (Wildman–Crippen MR) is 99.4 cm³/mol. The van der Waals surface area contributed by atoms with E-state index in [2.05, 4.69) is 15.0 Å². The second-order valence-electron chi connectivity index (χ2n) is 6.41. The Bertz CT molecular complexity index is 905. The van der Waals surface area contributed by atoms with Crippen molar-refractivity contribution in [1.82, 2.24) is 15.0 Å². The number of hydrogen-bond acceptors (Lipinski definition) is 6. The van der Waals surface area contributed by atoms with Crippen LogP contribution >= 0.6 is 11.6 Å². The fourth-order valence-electron chi connectivity index (χ4n) is 3.19. The third kappa shape index (κ3) is 4.19. The average molecular weight is 395 g/mol. The molecule has 0 amide bonds. The van der Waals surface area contributed by atoms with E-state index in [0.717, 1.165) is 5.56 Å². The average Bonchev–Trinajstić information content (AvgIpc) is 3.20. The van der Waals surface area contributed by atoms with Gasteiger partial charge in [0.25, 0.3) is 0 Å². The van der Waals surface area contributed by atoms with Crippen LogP contribution in [-0.2, 0) is 0 Å². The van der Waals surface area contributed by atoms with Gasteiger partial charge in [0.05, 0.1) is 23.7 Å². The third-order valence-corrected chi connectivity index (χ3v) is 4.95. The van der Waals surface area contributed by atoms with Gasteiger partial charge in [0, 0.05) is 17.1 Å². The normalized spacial score (nSPS) is 23.1. The quantitative estimate of drug-likeness (QED) is 0.453. The SMILES string of the molecule is Nc1ncnc2[nH]cc(F)c12.OC1CCC(C(O)c2ccc(Cl)cc2)C1O. The van der Waals surface area contributed by atoms with Crippen LogP contribution in [0, 0.1) is 11.7 Å². The Morgan fingerprint density at radius 2 is 1.89 bits per heavy atom. The first-order chi connectivity index (χ1) is 12.9. The van der Waals surface area contributed by atoms with E-state index in [-0.39, 0.29) is 17.1 Å². The van der Waals surface area contributed by atoms with Crippen LogP contribution in [0.5, 0.6) is 0 Å². The number of aliphatic hydroxyl groups excluding tert-OH is 3. The highest BCUT2D eigenvalue weighted by Gasteiger charge is 2.38. The predicted octanol–water partition coefficient (Wildman–Crippen LogP) is 2.18. The van der Waals surface area contributed by atoms with Crippen molar-refractivity contribution in [1.29, 1.82) is 0 Å². The van der Waals surface area contributed by atoms with Crippen molar-refractivity contribution < 1.29 is 19.7 Å². The largest absolute Gasteiger partial charge is 0.390 e.